The van der Waals surface area contributed by atoms with E-state index in [-0.39, 0.29) is 11.7 Å². The fourth-order valence-electron chi connectivity index (χ4n) is 3.50. The average Bonchev–Trinajstić information content (AvgIpc) is 3.13. The molecule has 8 nitrogen and oxygen atoms in total. The molecule has 9 heteroatoms. The first kappa shape index (κ1) is 18.4. The van der Waals surface area contributed by atoms with Gasteiger partial charge in [0.25, 0.3) is 5.91 Å². The molecular weight excluding hydrogens is 378 g/mol. The van der Waals surface area contributed by atoms with E-state index < -0.39 is 10.0 Å². The largest absolute Gasteiger partial charge is 0.322 e. The van der Waals surface area contributed by atoms with Crippen molar-refractivity contribution in [2.24, 2.45) is 7.05 Å². The molecular formula is C19H21N5O3S. The number of fused-ring (bicyclic) bond motifs is 1. The minimum Gasteiger partial charge on any atom is -0.322 e. The third-order valence-corrected chi connectivity index (χ3v) is 6.82. The van der Waals surface area contributed by atoms with Crippen LogP contribution in [0.1, 0.15) is 28.2 Å². The van der Waals surface area contributed by atoms with E-state index in [0.717, 1.165) is 16.7 Å². The summed E-state index contributed by atoms with van der Waals surface area (Å²) in [5.41, 5.74) is 3.86. The van der Waals surface area contributed by atoms with Crippen molar-refractivity contribution in [3.63, 3.8) is 0 Å². The summed E-state index contributed by atoms with van der Waals surface area (Å²) in [6.07, 6.45) is 0.628. The van der Waals surface area contributed by atoms with Gasteiger partial charge in [-0.15, -0.1) is 0 Å². The summed E-state index contributed by atoms with van der Waals surface area (Å²) < 4.78 is 27.2. The number of rotatable bonds is 3. The number of aryl methyl sites for hydroxylation is 3. The van der Waals surface area contributed by atoms with Crippen molar-refractivity contribution in [2.75, 3.05) is 21.9 Å². The normalized spacial score (nSPS) is 15.9. The Bertz CT molecular complexity index is 1180. The molecule has 146 valence electrons. The van der Waals surface area contributed by atoms with Crippen LogP contribution >= 0.6 is 0 Å². The number of amides is 1. The number of hydrogen-bond donors (Lipinski definition) is 1. The molecule has 28 heavy (non-hydrogen) atoms. The van der Waals surface area contributed by atoms with E-state index in [1.165, 1.54) is 4.31 Å². The molecule has 1 fully saturated rings. The zero-order valence-corrected chi connectivity index (χ0v) is 16.7. The summed E-state index contributed by atoms with van der Waals surface area (Å²) in [6, 6.07) is 8.63. The van der Waals surface area contributed by atoms with Crippen LogP contribution in [0.5, 0.6) is 0 Å². The van der Waals surface area contributed by atoms with Crippen LogP contribution < -0.4 is 9.62 Å². The first-order valence-corrected chi connectivity index (χ1v) is 10.6. The zero-order chi connectivity index (χ0) is 20.1. The third-order valence-electron chi connectivity index (χ3n) is 4.95. The Hall–Kier alpha value is -2.94. The summed E-state index contributed by atoms with van der Waals surface area (Å²) in [6.45, 7) is 4.16. The highest BCUT2D eigenvalue weighted by molar-refractivity contribution is 7.93. The maximum atomic E-state index is 12.8. The maximum Gasteiger partial charge on any atom is 0.257 e. The van der Waals surface area contributed by atoms with Crippen LogP contribution in [0, 0.1) is 13.8 Å². The second-order valence-electron chi connectivity index (χ2n) is 6.94. The van der Waals surface area contributed by atoms with Crippen LogP contribution in [0.2, 0.25) is 0 Å². The molecule has 1 aliphatic heterocycles. The second kappa shape index (κ2) is 6.59. The lowest BCUT2D eigenvalue weighted by Crippen LogP contribution is -2.25. The van der Waals surface area contributed by atoms with E-state index in [9.17, 15) is 13.2 Å². The number of nitrogens with zero attached hydrogens (tertiary/aromatic N) is 4. The molecule has 4 rings (SSSR count). The zero-order valence-electron chi connectivity index (χ0n) is 15.9. The minimum absolute atomic E-state index is 0.175. The summed E-state index contributed by atoms with van der Waals surface area (Å²) in [5, 5.41) is 8.04. The van der Waals surface area contributed by atoms with Gasteiger partial charge in [-0.05, 0) is 50.6 Å². The summed E-state index contributed by atoms with van der Waals surface area (Å²) in [7, 11) is -1.39. The van der Waals surface area contributed by atoms with Crippen molar-refractivity contribution < 1.29 is 13.2 Å². The number of sulfonamides is 1. The van der Waals surface area contributed by atoms with Crippen molar-refractivity contribution in [3.05, 3.63) is 47.3 Å². The van der Waals surface area contributed by atoms with Gasteiger partial charge in [-0.2, -0.15) is 5.10 Å². The van der Waals surface area contributed by atoms with Gasteiger partial charge in [0.05, 0.1) is 28.4 Å². The highest BCUT2D eigenvalue weighted by Gasteiger charge is 2.28. The number of anilines is 2. The highest BCUT2D eigenvalue weighted by atomic mass is 32.2. The number of aromatic nitrogens is 3. The number of carbonyl (C=O) groups is 1. The van der Waals surface area contributed by atoms with Gasteiger partial charge in [0.1, 0.15) is 0 Å². The SMILES string of the molecule is Cc1nc2c(cc1C(=O)Nc1ccc(N3CCCS3(=O)=O)cc1)c(C)nn2C. The summed E-state index contributed by atoms with van der Waals surface area (Å²) >= 11 is 0. The quantitative estimate of drug-likeness (QED) is 0.729. The third kappa shape index (κ3) is 3.11. The molecule has 0 unspecified atom stereocenters. The highest BCUT2D eigenvalue weighted by Crippen LogP contribution is 2.26. The summed E-state index contributed by atoms with van der Waals surface area (Å²) in [5.74, 6) is -0.0923. The van der Waals surface area contributed by atoms with Gasteiger partial charge in [-0.25, -0.2) is 13.4 Å². The number of benzene rings is 1. The minimum atomic E-state index is -3.22. The number of hydrogen-bond acceptors (Lipinski definition) is 5. The van der Waals surface area contributed by atoms with Crippen molar-refractivity contribution in [3.8, 4) is 0 Å². The lowest BCUT2D eigenvalue weighted by molar-refractivity contribution is 0.102. The Kier molecular flexibility index (Phi) is 4.34. The second-order valence-corrected chi connectivity index (χ2v) is 8.96. The van der Waals surface area contributed by atoms with Gasteiger partial charge in [0, 0.05) is 24.7 Å². The first-order valence-electron chi connectivity index (χ1n) is 8.99. The molecule has 1 amide bonds. The van der Waals surface area contributed by atoms with Crippen LogP contribution in [0.15, 0.2) is 30.3 Å². The topological polar surface area (TPSA) is 97.2 Å². The van der Waals surface area contributed by atoms with Crippen LogP contribution in [0.25, 0.3) is 11.0 Å². The number of pyridine rings is 1. The smallest absolute Gasteiger partial charge is 0.257 e. The Labute approximate surface area is 163 Å². The molecule has 0 atom stereocenters. The Morgan fingerprint density at radius 1 is 1.14 bits per heavy atom. The molecule has 1 aliphatic rings. The van der Waals surface area contributed by atoms with Crippen LogP contribution in [0.3, 0.4) is 0 Å². The Morgan fingerprint density at radius 3 is 2.50 bits per heavy atom. The molecule has 2 aromatic heterocycles. The van der Waals surface area contributed by atoms with Gasteiger partial charge in [0.2, 0.25) is 10.0 Å². The lowest BCUT2D eigenvalue weighted by Gasteiger charge is -2.17. The maximum absolute atomic E-state index is 12.8. The molecule has 1 aromatic carbocycles. The van der Waals surface area contributed by atoms with Gasteiger partial charge < -0.3 is 5.32 Å². The van der Waals surface area contributed by atoms with Gasteiger partial charge in [-0.1, -0.05) is 0 Å². The van der Waals surface area contributed by atoms with E-state index in [0.29, 0.717) is 35.6 Å². The molecule has 0 saturated carbocycles. The molecule has 0 bridgehead atoms. The lowest BCUT2D eigenvalue weighted by atomic mass is 10.1. The van der Waals surface area contributed by atoms with Crippen LogP contribution in [-0.4, -0.2) is 41.4 Å². The molecule has 3 aromatic rings. The van der Waals surface area contributed by atoms with Gasteiger partial charge in [0.15, 0.2) is 5.65 Å². The van der Waals surface area contributed by atoms with Crippen molar-refractivity contribution >= 4 is 38.3 Å². The predicted molar refractivity (Wildman–Crippen MR) is 108 cm³/mol. The fraction of sp³-hybridized carbons (Fsp3) is 0.316. The molecule has 0 radical (unpaired) electrons. The van der Waals surface area contributed by atoms with E-state index in [1.807, 2.05) is 14.0 Å². The van der Waals surface area contributed by atoms with E-state index >= 15 is 0 Å². The monoisotopic (exact) mass is 399 g/mol. The molecule has 3 heterocycles. The van der Waals surface area contributed by atoms with E-state index in [2.05, 4.69) is 15.4 Å². The van der Waals surface area contributed by atoms with E-state index in [4.69, 9.17) is 0 Å². The van der Waals surface area contributed by atoms with Gasteiger partial charge in [-0.3, -0.25) is 13.8 Å². The average molecular weight is 399 g/mol. The van der Waals surface area contributed by atoms with Crippen molar-refractivity contribution in [2.45, 2.75) is 20.3 Å². The Balaban J connectivity index is 1.58. The predicted octanol–water partition coefficient (Wildman–Crippen LogP) is 2.38. The van der Waals surface area contributed by atoms with Crippen LogP contribution in [0.4, 0.5) is 11.4 Å². The van der Waals surface area contributed by atoms with Crippen LogP contribution in [-0.2, 0) is 17.1 Å². The fourth-order valence-corrected chi connectivity index (χ4v) is 5.07. The number of nitrogens with one attached hydrogen (secondary N) is 1. The van der Waals surface area contributed by atoms with Gasteiger partial charge >= 0.3 is 0 Å². The van der Waals surface area contributed by atoms with E-state index in [1.54, 1.807) is 41.9 Å². The molecule has 1 saturated heterocycles. The van der Waals surface area contributed by atoms with Crippen molar-refractivity contribution in [1.29, 1.82) is 0 Å². The molecule has 0 aliphatic carbocycles. The Morgan fingerprint density at radius 2 is 1.86 bits per heavy atom. The number of carbonyl (C=O) groups excluding carboxylic acids is 1. The standard InChI is InChI=1S/C19H21N5O3S/c1-12-17(11-16-13(2)22-23(3)18(16)20-12)19(25)21-14-5-7-15(8-6-14)24-9-4-10-28(24,26)27/h5-8,11H,4,9-10H2,1-3H3,(H,21,25). The summed E-state index contributed by atoms with van der Waals surface area (Å²) in [4.78, 5) is 17.3. The van der Waals surface area contributed by atoms with Crippen molar-refractivity contribution in [1.82, 2.24) is 14.8 Å². The first-order chi connectivity index (χ1) is 13.3. The molecule has 0 spiro atoms. The molecule has 1 N–H and O–H groups in total.